The summed E-state index contributed by atoms with van der Waals surface area (Å²) < 4.78 is 0. The molecule has 3 rings (SSSR count). The molecule has 1 saturated carbocycles. The van der Waals surface area contributed by atoms with Crippen molar-refractivity contribution in [3.63, 3.8) is 0 Å². The van der Waals surface area contributed by atoms with Crippen LogP contribution in [0.15, 0.2) is 24.3 Å². The van der Waals surface area contributed by atoms with E-state index in [9.17, 15) is 0 Å². The highest BCUT2D eigenvalue weighted by Crippen LogP contribution is 2.34. The standard InChI is InChI=1S/C17H26N2/c1-13-5-3-4-6-15(13)9-10-19-12-17(16-7-8-16)18-11-14(19)2/h3-6,14,16-18H,7-12H2,1-2H3. The van der Waals surface area contributed by atoms with Gasteiger partial charge in [0, 0.05) is 31.7 Å². The zero-order chi connectivity index (χ0) is 13.2. The molecule has 1 aliphatic carbocycles. The van der Waals surface area contributed by atoms with Crippen LogP contribution in [0.4, 0.5) is 0 Å². The van der Waals surface area contributed by atoms with E-state index in [1.165, 1.54) is 43.5 Å². The van der Waals surface area contributed by atoms with Crippen LogP contribution in [0.3, 0.4) is 0 Å². The second-order valence-electron chi connectivity index (χ2n) is 6.37. The number of aryl methyl sites for hydroxylation is 1. The topological polar surface area (TPSA) is 15.3 Å². The average molecular weight is 258 g/mol. The molecular formula is C17H26N2. The smallest absolute Gasteiger partial charge is 0.0224 e. The van der Waals surface area contributed by atoms with Gasteiger partial charge in [0.05, 0.1) is 0 Å². The molecule has 1 saturated heterocycles. The summed E-state index contributed by atoms with van der Waals surface area (Å²) in [5.74, 6) is 0.966. The Labute approximate surface area is 117 Å². The lowest BCUT2D eigenvalue weighted by Crippen LogP contribution is -2.56. The van der Waals surface area contributed by atoms with Crippen LogP contribution in [0.1, 0.15) is 30.9 Å². The molecule has 2 atom stereocenters. The molecule has 0 amide bonds. The Morgan fingerprint density at radius 3 is 2.79 bits per heavy atom. The van der Waals surface area contributed by atoms with Crippen LogP contribution in [0.5, 0.6) is 0 Å². The number of benzene rings is 1. The molecule has 1 heterocycles. The quantitative estimate of drug-likeness (QED) is 0.893. The van der Waals surface area contributed by atoms with Gasteiger partial charge in [0.1, 0.15) is 0 Å². The zero-order valence-electron chi connectivity index (χ0n) is 12.2. The average Bonchev–Trinajstić information content (AvgIpc) is 3.24. The van der Waals surface area contributed by atoms with E-state index in [4.69, 9.17) is 0 Å². The first-order valence-electron chi connectivity index (χ1n) is 7.76. The predicted octanol–water partition coefficient (Wildman–Crippen LogP) is 2.61. The first-order valence-corrected chi connectivity index (χ1v) is 7.76. The highest BCUT2D eigenvalue weighted by molar-refractivity contribution is 5.25. The van der Waals surface area contributed by atoms with Crippen LogP contribution in [0.25, 0.3) is 0 Å². The molecule has 2 unspecified atom stereocenters. The van der Waals surface area contributed by atoms with E-state index in [0.29, 0.717) is 6.04 Å². The molecule has 104 valence electrons. The molecule has 2 fully saturated rings. The van der Waals surface area contributed by atoms with Crippen LogP contribution in [0, 0.1) is 12.8 Å². The Balaban J connectivity index is 1.57. The molecule has 1 aromatic rings. The van der Waals surface area contributed by atoms with Gasteiger partial charge in [-0.2, -0.15) is 0 Å². The Hall–Kier alpha value is -0.860. The number of piperazine rings is 1. The Morgan fingerprint density at radius 2 is 2.05 bits per heavy atom. The fourth-order valence-electron chi connectivity index (χ4n) is 3.23. The van der Waals surface area contributed by atoms with Crippen molar-refractivity contribution in [1.29, 1.82) is 0 Å². The summed E-state index contributed by atoms with van der Waals surface area (Å²) in [6, 6.07) is 10.2. The van der Waals surface area contributed by atoms with Crippen LogP contribution < -0.4 is 5.32 Å². The van der Waals surface area contributed by atoms with Crippen molar-refractivity contribution in [3.05, 3.63) is 35.4 Å². The van der Waals surface area contributed by atoms with Gasteiger partial charge in [0.25, 0.3) is 0 Å². The van der Waals surface area contributed by atoms with E-state index >= 15 is 0 Å². The lowest BCUT2D eigenvalue weighted by Gasteiger charge is -2.39. The fraction of sp³-hybridized carbons (Fsp3) is 0.647. The third-order valence-electron chi connectivity index (χ3n) is 4.85. The maximum Gasteiger partial charge on any atom is 0.0224 e. The van der Waals surface area contributed by atoms with Crippen molar-refractivity contribution in [2.75, 3.05) is 19.6 Å². The molecule has 0 radical (unpaired) electrons. The largest absolute Gasteiger partial charge is 0.311 e. The molecule has 19 heavy (non-hydrogen) atoms. The summed E-state index contributed by atoms with van der Waals surface area (Å²) in [4.78, 5) is 2.69. The molecule has 2 aliphatic rings. The van der Waals surface area contributed by atoms with Gasteiger partial charge in [-0.25, -0.2) is 0 Å². The van der Waals surface area contributed by atoms with Gasteiger partial charge < -0.3 is 5.32 Å². The van der Waals surface area contributed by atoms with Gasteiger partial charge in [-0.05, 0) is 50.2 Å². The second kappa shape index (κ2) is 5.64. The Bertz CT molecular complexity index is 425. The van der Waals surface area contributed by atoms with Crippen LogP contribution in [0.2, 0.25) is 0 Å². The first-order chi connectivity index (χ1) is 9.24. The van der Waals surface area contributed by atoms with E-state index in [-0.39, 0.29) is 0 Å². The van der Waals surface area contributed by atoms with Crippen molar-refractivity contribution in [2.24, 2.45) is 5.92 Å². The minimum Gasteiger partial charge on any atom is -0.311 e. The van der Waals surface area contributed by atoms with Gasteiger partial charge in [0.2, 0.25) is 0 Å². The molecule has 2 nitrogen and oxygen atoms in total. The van der Waals surface area contributed by atoms with Crippen molar-refractivity contribution in [1.82, 2.24) is 10.2 Å². The van der Waals surface area contributed by atoms with E-state index < -0.39 is 0 Å². The lowest BCUT2D eigenvalue weighted by molar-refractivity contribution is 0.134. The van der Waals surface area contributed by atoms with Gasteiger partial charge in [-0.3, -0.25) is 4.90 Å². The Kier molecular flexibility index (Phi) is 3.90. The molecule has 0 aromatic heterocycles. The SMILES string of the molecule is Cc1ccccc1CCN1CC(C2CC2)NCC1C. The van der Waals surface area contributed by atoms with Crippen LogP contribution >= 0.6 is 0 Å². The van der Waals surface area contributed by atoms with Gasteiger partial charge >= 0.3 is 0 Å². The van der Waals surface area contributed by atoms with E-state index in [0.717, 1.165) is 18.5 Å². The molecule has 0 bridgehead atoms. The second-order valence-corrected chi connectivity index (χ2v) is 6.37. The minimum atomic E-state index is 0.680. The number of nitrogens with zero attached hydrogens (tertiary/aromatic N) is 1. The zero-order valence-corrected chi connectivity index (χ0v) is 12.2. The molecule has 1 N–H and O–H groups in total. The summed E-state index contributed by atoms with van der Waals surface area (Å²) >= 11 is 0. The van der Waals surface area contributed by atoms with Gasteiger partial charge in [0.15, 0.2) is 0 Å². The molecule has 1 aliphatic heterocycles. The Morgan fingerprint density at radius 1 is 1.26 bits per heavy atom. The number of hydrogen-bond donors (Lipinski definition) is 1. The fourth-order valence-corrected chi connectivity index (χ4v) is 3.23. The molecule has 2 heteroatoms. The summed E-state index contributed by atoms with van der Waals surface area (Å²) in [7, 11) is 0. The maximum absolute atomic E-state index is 3.73. The van der Waals surface area contributed by atoms with Crippen molar-refractivity contribution in [3.8, 4) is 0 Å². The van der Waals surface area contributed by atoms with Crippen LogP contribution in [-0.2, 0) is 6.42 Å². The first kappa shape index (κ1) is 13.1. The van der Waals surface area contributed by atoms with E-state index in [1.54, 1.807) is 0 Å². The summed E-state index contributed by atoms with van der Waals surface area (Å²) in [5, 5.41) is 3.73. The normalized spacial score (nSPS) is 28.5. The maximum atomic E-state index is 3.73. The summed E-state index contributed by atoms with van der Waals surface area (Å²) in [6.07, 6.45) is 4.07. The summed E-state index contributed by atoms with van der Waals surface area (Å²) in [5.41, 5.74) is 2.94. The van der Waals surface area contributed by atoms with E-state index in [1.807, 2.05) is 0 Å². The van der Waals surface area contributed by atoms with E-state index in [2.05, 4.69) is 48.3 Å². The number of hydrogen-bond acceptors (Lipinski definition) is 2. The van der Waals surface area contributed by atoms with Crippen LogP contribution in [-0.4, -0.2) is 36.6 Å². The molecular weight excluding hydrogens is 232 g/mol. The van der Waals surface area contributed by atoms with Crippen molar-refractivity contribution >= 4 is 0 Å². The van der Waals surface area contributed by atoms with Gasteiger partial charge in [-0.15, -0.1) is 0 Å². The molecule has 0 spiro atoms. The highest BCUT2D eigenvalue weighted by Gasteiger charge is 2.35. The molecule has 1 aromatic carbocycles. The number of nitrogens with one attached hydrogen (secondary N) is 1. The minimum absolute atomic E-state index is 0.680. The number of rotatable bonds is 4. The van der Waals surface area contributed by atoms with Gasteiger partial charge in [-0.1, -0.05) is 24.3 Å². The van der Waals surface area contributed by atoms with Crippen molar-refractivity contribution < 1.29 is 0 Å². The van der Waals surface area contributed by atoms with Crippen molar-refractivity contribution in [2.45, 2.75) is 45.2 Å². The monoisotopic (exact) mass is 258 g/mol. The third-order valence-corrected chi connectivity index (χ3v) is 4.85. The predicted molar refractivity (Wildman–Crippen MR) is 80.4 cm³/mol. The lowest BCUT2D eigenvalue weighted by atomic mass is 10.0. The summed E-state index contributed by atoms with van der Waals surface area (Å²) in [6.45, 7) is 8.20. The third kappa shape index (κ3) is 3.18. The highest BCUT2D eigenvalue weighted by atomic mass is 15.2.